The zero-order chi connectivity index (χ0) is 13.8. The van der Waals surface area contributed by atoms with Crippen LogP contribution in [0.4, 0.5) is 5.69 Å². The Hall–Kier alpha value is -0.0200. The second-order valence-electron chi connectivity index (χ2n) is 6.93. The second-order valence-corrected chi connectivity index (χ2v) is 8.70. The van der Waals surface area contributed by atoms with Crippen LogP contribution < -0.4 is 5.32 Å². The van der Waals surface area contributed by atoms with Gasteiger partial charge in [0.15, 0.2) is 0 Å². The van der Waals surface area contributed by atoms with Gasteiger partial charge in [-0.1, -0.05) is 36.7 Å². The highest BCUT2D eigenvalue weighted by Gasteiger charge is 2.61. The predicted molar refractivity (Wildman–Crippen MR) is 88.5 cm³/mol. The first-order valence-electron chi connectivity index (χ1n) is 7.06. The minimum Gasteiger partial charge on any atom is -0.381 e. The summed E-state index contributed by atoms with van der Waals surface area (Å²) in [5.41, 5.74) is 2.09. The highest BCUT2D eigenvalue weighted by molar-refractivity contribution is 9.11. The van der Waals surface area contributed by atoms with Gasteiger partial charge in [-0.05, 0) is 70.1 Å². The molecule has 0 amide bonds. The number of benzene rings is 1. The van der Waals surface area contributed by atoms with Crippen molar-refractivity contribution in [2.24, 2.45) is 16.7 Å². The first kappa shape index (κ1) is 13.9. The third-order valence-corrected chi connectivity index (χ3v) is 7.24. The Morgan fingerprint density at radius 3 is 2.53 bits per heavy atom. The van der Waals surface area contributed by atoms with E-state index in [1.165, 1.54) is 24.9 Å². The molecule has 3 unspecified atom stereocenters. The van der Waals surface area contributed by atoms with E-state index in [-0.39, 0.29) is 0 Å². The maximum absolute atomic E-state index is 3.80. The van der Waals surface area contributed by atoms with Crippen molar-refractivity contribution < 1.29 is 0 Å². The van der Waals surface area contributed by atoms with Crippen LogP contribution in [0.3, 0.4) is 0 Å². The lowest BCUT2D eigenvalue weighted by Gasteiger charge is -2.40. The van der Waals surface area contributed by atoms with E-state index in [2.05, 4.69) is 76.1 Å². The molecule has 0 aromatic heterocycles. The molecule has 0 saturated heterocycles. The van der Waals surface area contributed by atoms with Crippen molar-refractivity contribution in [3.63, 3.8) is 0 Å². The van der Waals surface area contributed by atoms with Gasteiger partial charge in [0.2, 0.25) is 0 Å². The largest absolute Gasteiger partial charge is 0.381 e. The first-order chi connectivity index (χ1) is 8.84. The highest BCUT2D eigenvalue weighted by Crippen LogP contribution is 2.66. The van der Waals surface area contributed by atoms with Crippen LogP contribution in [0, 0.1) is 16.7 Å². The number of fused-ring (bicyclic) bond motifs is 2. The fraction of sp³-hybridized carbons (Fsp3) is 0.625. The molecule has 0 radical (unpaired) electrons. The molecule has 2 fully saturated rings. The van der Waals surface area contributed by atoms with E-state index >= 15 is 0 Å². The molecule has 2 saturated carbocycles. The molecule has 3 heteroatoms. The van der Waals surface area contributed by atoms with Crippen LogP contribution in [0.25, 0.3) is 0 Å². The summed E-state index contributed by atoms with van der Waals surface area (Å²) in [7, 11) is 0. The molecule has 1 aromatic rings. The SMILES string of the molecule is CC1(C)C2CCC1(C)C(Nc1cc(Br)ccc1Br)C2. The van der Waals surface area contributed by atoms with E-state index in [9.17, 15) is 0 Å². The average molecular weight is 387 g/mol. The standard InChI is InChI=1S/C16H21Br2N/c1-15(2)10-6-7-16(15,3)14(8-10)19-13-9-11(17)4-5-12(13)18/h4-5,9-10,14,19H,6-8H2,1-3H3. The van der Waals surface area contributed by atoms with Gasteiger partial charge in [0, 0.05) is 20.7 Å². The maximum atomic E-state index is 3.80. The lowest BCUT2D eigenvalue weighted by Crippen LogP contribution is -2.40. The summed E-state index contributed by atoms with van der Waals surface area (Å²) < 4.78 is 2.28. The molecule has 104 valence electrons. The Morgan fingerprint density at radius 2 is 1.95 bits per heavy atom. The number of halogens is 2. The van der Waals surface area contributed by atoms with Gasteiger partial charge >= 0.3 is 0 Å². The molecule has 0 spiro atoms. The van der Waals surface area contributed by atoms with Gasteiger partial charge in [-0.2, -0.15) is 0 Å². The van der Waals surface area contributed by atoms with Crippen LogP contribution in [0.5, 0.6) is 0 Å². The molecular formula is C16H21Br2N. The Morgan fingerprint density at radius 1 is 1.21 bits per heavy atom. The third kappa shape index (κ3) is 1.99. The van der Waals surface area contributed by atoms with Gasteiger partial charge in [-0.25, -0.2) is 0 Å². The van der Waals surface area contributed by atoms with E-state index in [0.29, 0.717) is 16.9 Å². The van der Waals surface area contributed by atoms with Crippen LogP contribution in [0.2, 0.25) is 0 Å². The maximum Gasteiger partial charge on any atom is 0.0498 e. The number of nitrogens with one attached hydrogen (secondary N) is 1. The van der Waals surface area contributed by atoms with Gasteiger partial charge in [0.05, 0.1) is 0 Å². The Kier molecular flexibility index (Phi) is 3.29. The number of rotatable bonds is 2. The normalized spacial score (nSPS) is 35.6. The summed E-state index contributed by atoms with van der Waals surface area (Å²) in [6.45, 7) is 7.40. The summed E-state index contributed by atoms with van der Waals surface area (Å²) in [6.07, 6.45) is 4.07. The van der Waals surface area contributed by atoms with Crippen LogP contribution in [-0.4, -0.2) is 6.04 Å². The zero-order valence-corrected chi connectivity index (χ0v) is 14.9. The van der Waals surface area contributed by atoms with Crippen molar-refractivity contribution in [1.82, 2.24) is 0 Å². The lowest BCUT2D eigenvalue weighted by molar-refractivity contribution is 0.142. The van der Waals surface area contributed by atoms with Crippen molar-refractivity contribution in [3.05, 3.63) is 27.1 Å². The summed E-state index contributed by atoms with van der Waals surface area (Å²) in [6, 6.07) is 6.94. The molecule has 2 aliphatic carbocycles. The topological polar surface area (TPSA) is 12.0 Å². The monoisotopic (exact) mass is 385 g/mol. The van der Waals surface area contributed by atoms with Crippen molar-refractivity contribution in [2.45, 2.75) is 46.1 Å². The van der Waals surface area contributed by atoms with Crippen molar-refractivity contribution in [3.8, 4) is 0 Å². The molecule has 19 heavy (non-hydrogen) atoms. The van der Waals surface area contributed by atoms with Crippen molar-refractivity contribution >= 4 is 37.5 Å². The quantitative estimate of drug-likeness (QED) is 0.673. The number of hydrogen-bond acceptors (Lipinski definition) is 1. The molecule has 0 heterocycles. The van der Waals surface area contributed by atoms with Crippen LogP contribution in [0.1, 0.15) is 40.0 Å². The van der Waals surface area contributed by atoms with Crippen LogP contribution >= 0.6 is 31.9 Å². The van der Waals surface area contributed by atoms with E-state index in [1.54, 1.807) is 0 Å². The molecular weight excluding hydrogens is 366 g/mol. The Balaban J connectivity index is 1.88. The fourth-order valence-electron chi connectivity index (χ4n) is 4.22. The lowest BCUT2D eigenvalue weighted by atomic mass is 9.69. The van der Waals surface area contributed by atoms with Gasteiger partial charge in [0.25, 0.3) is 0 Å². The molecule has 3 atom stereocenters. The zero-order valence-electron chi connectivity index (χ0n) is 11.8. The predicted octanol–water partition coefficient (Wildman–Crippen LogP) is 5.84. The van der Waals surface area contributed by atoms with Gasteiger partial charge in [-0.3, -0.25) is 0 Å². The molecule has 2 aliphatic rings. The minimum atomic E-state index is 0.416. The summed E-state index contributed by atoms with van der Waals surface area (Å²) in [5, 5.41) is 3.80. The fourth-order valence-corrected chi connectivity index (χ4v) is 4.94. The highest BCUT2D eigenvalue weighted by atomic mass is 79.9. The van der Waals surface area contributed by atoms with E-state index in [4.69, 9.17) is 0 Å². The molecule has 1 nitrogen and oxygen atoms in total. The average Bonchev–Trinajstić information content (AvgIpc) is 2.67. The summed E-state index contributed by atoms with van der Waals surface area (Å²) >= 11 is 7.22. The molecule has 2 bridgehead atoms. The third-order valence-electron chi connectivity index (χ3n) is 6.05. The van der Waals surface area contributed by atoms with Gasteiger partial charge < -0.3 is 5.32 Å². The summed E-state index contributed by atoms with van der Waals surface area (Å²) in [5.74, 6) is 0.876. The number of anilines is 1. The van der Waals surface area contributed by atoms with E-state index < -0.39 is 0 Å². The smallest absolute Gasteiger partial charge is 0.0498 e. The summed E-state index contributed by atoms with van der Waals surface area (Å²) in [4.78, 5) is 0. The van der Waals surface area contributed by atoms with Crippen LogP contribution in [-0.2, 0) is 0 Å². The molecule has 1 N–H and O–H groups in total. The molecule has 1 aromatic carbocycles. The Bertz CT molecular complexity index is 511. The van der Waals surface area contributed by atoms with Gasteiger partial charge in [0.1, 0.15) is 0 Å². The first-order valence-corrected chi connectivity index (χ1v) is 8.65. The van der Waals surface area contributed by atoms with Gasteiger partial charge in [-0.15, -0.1) is 0 Å². The van der Waals surface area contributed by atoms with Crippen LogP contribution in [0.15, 0.2) is 27.1 Å². The van der Waals surface area contributed by atoms with E-state index in [0.717, 1.165) is 14.9 Å². The van der Waals surface area contributed by atoms with E-state index in [1.807, 2.05) is 0 Å². The molecule has 0 aliphatic heterocycles. The minimum absolute atomic E-state index is 0.416. The second kappa shape index (κ2) is 4.49. The number of hydrogen-bond donors (Lipinski definition) is 1. The van der Waals surface area contributed by atoms with Crippen molar-refractivity contribution in [1.29, 1.82) is 0 Å². The Labute approximate surface area is 132 Å². The molecule has 3 rings (SSSR count). The van der Waals surface area contributed by atoms with Crippen molar-refractivity contribution in [2.75, 3.05) is 5.32 Å².